The van der Waals surface area contributed by atoms with E-state index in [1.54, 1.807) is 42.5 Å². The quantitative estimate of drug-likeness (QED) is 0.823. The Morgan fingerprint density at radius 2 is 1.83 bits per heavy atom. The predicted octanol–water partition coefficient (Wildman–Crippen LogP) is 3.26. The number of carbonyl (C=O) groups is 1. The third kappa shape index (κ3) is 5.06. The lowest BCUT2D eigenvalue weighted by Crippen LogP contribution is -2.28. The maximum atomic E-state index is 12.2. The Bertz CT molecular complexity index is 851. The zero-order valence-corrected chi connectivity index (χ0v) is 15.0. The van der Waals surface area contributed by atoms with Gasteiger partial charge < -0.3 is 5.32 Å². The first-order valence-corrected chi connectivity index (χ1v) is 9.26. The second-order valence-electron chi connectivity index (χ2n) is 5.45. The van der Waals surface area contributed by atoms with Gasteiger partial charge in [-0.05, 0) is 55.3 Å². The summed E-state index contributed by atoms with van der Waals surface area (Å²) in [7, 11) is -3.63. The Morgan fingerprint density at radius 3 is 2.50 bits per heavy atom. The van der Waals surface area contributed by atoms with Crippen LogP contribution in [-0.4, -0.2) is 20.9 Å². The topological polar surface area (TPSA) is 75.3 Å². The first-order chi connectivity index (χ1) is 11.3. The Morgan fingerprint density at radius 1 is 1.08 bits per heavy atom. The summed E-state index contributed by atoms with van der Waals surface area (Å²) in [5.74, 6) is -0.292. The SMILES string of the molecule is Cc1ccc(S(=O)(=O)NCCC(=O)Nc2cccc(Cl)c2)cc1C. The largest absolute Gasteiger partial charge is 0.326 e. The van der Waals surface area contributed by atoms with E-state index in [0.29, 0.717) is 10.7 Å². The molecule has 0 saturated carbocycles. The van der Waals surface area contributed by atoms with E-state index in [1.165, 1.54) is 0 Å². The zero-order chi connectivity index (χ0) is 17.7. The molecule has 0 aliphatic heterocycles. The number of amides is 1. The second kappa shape index (κ2) is 7.79. The molecule has 0 fully saturated rings. The number of rotatable bonds is 6. The molecule has 2 N–H and O–H groups in total. The monoisotopic (exact) mass is 366 g/mol. The minimum atomic E-state index is -3.63. The Balaban J connectivity index is 1.90. The molecule has 7 heteroatoms. The number of hydrogen-bond donors (Lipinski definition) is 2. The van der Waals surface area contributed by atoms with E-state index in [9.17, 15) is 13.2 Å². The van der Waals surface area contributed by atoms with Crippen LogP contribution in [0.3, 0.4) is 0 Å². The number of carbonyl (C=O) groups excluding carboxylic acids is 1. The van der Waals surface area contributed by atoms with Crippen LogP contribution in [0.2, 0.25) is 5.02 Å². The van der Waals surface area contributed by atoms with E-state index in [-0.39, 0.29) is 23.8 Å². The standard InChI is InChI=1S/C17H19ClN2O3S/c1-12-6-7-16(10-13(12)2)24(22,23)19-9-8-17(21)20-15-5-3-4-14(18)11-15/h3-7,10-11,19H,8-9H2,1-2H3,(H,20,21). The Labute approximate surface area is 147 Å². The van der Waals surface area contributed by atoms with E-state index < -0.39 is 10.0 Å². The molecule has 0 aliphatic rings. The zero-order valence-electron chi connectivity index (χ0n) is 13.5. The second-order valence-corrected chi connectivity index (χ2v) is 7.66. The van der Waals surface area contributed by atoms with Crippen molar-refractivity contribution in [2.75, 3.05) is 11.9 Å². The van der Waals surface area contributed by atoms with Gasteiger partial charge in [-0.15, -0.1) is 0 Å². The number of hydrogen-bond acceptors (Lipinski definition) is 3. The van der Waals surface area contributed by atoms with Crippen molar-refractivity contribution in [3.8, 4) is 0 Å². The minimum Gasteiger partial charge on any atom is -0.326 e. The normalized spacial score (nSPS) is 11.3. The maximum Gasteiger partial charge on any atom is 0.240 e. The number of halogens is 1. The number of sulfonamides is 1. The first-order valence-electron chi connectivity index (χ1n) is 7.40. The van der Waals surface area contributed by atoms with Gasteiger partial charge in [0.15, 0.2) is 0 Å². The lowest BCUT2D eigenvalue weighted by Gasteiger charge is -2.09. The van der Waals surface area contributed by atoms with Gasteiger partial charge in [0, 0.05) is 23.7 Å². The highest BCUT2D eigenvalue weighted by atomic mass is 35.5. The molecule has 0 radical (unpaired) electrons. The fourth-order valence-electron chi connectivity index (χ4n) is 2.05. The molecule has 0 bridgehead atoms. The van der Waals surface area contributed by atoms with Crippen molar-refractivity contribution in [3.63, 3.8) is 0 Å². The molecule has 0 atom stereocenters. The Hall–Kier alpha value is -1.89. The van der Waals surface area contributed by atoms with Crippen molar-refractivity contribution in [1.29, 1.82) is 0 Å². The Kier molecular flexibility index (Phi) is 5.99. The van der Waals surface area contributed by atoms with Crippen LogP contribution in [0.25, 0.3) is 0 Å². The van der Waals surface area contributed by atoms with Crippen molar-refractivity contribution >= 4 is 33.2 Å². The fraction of sp³-hybridized carbons (Fsp3) is 0.235. The van der Waals surface area contributed by atoms with Crippen molar-refractivity contribution in [3.05, 3.63) is 58.6 Å². The van der Waals surface area contributed by atoms with Crippen LogP contribution >= 0.6 is 11.6 Å². The molecule has 2 aromatic rings. The number of anilines is 1. The molecule has 128 valence electrons. The fourth-order valence-corrected chi connectivity index (χ4v) is 3.36. The predicted molar refractivity (Wildman–Crippen MR) is 95.8 cm³/mol. The van der Waals surface area contributed by atoms with Crippen LogP contribution in [0.1, 0.15) is 17.5 Å². The van der Waals surface area contributed by atoms with Gasteiger partial charge in [0.05, 0.1) is 4.90 Å². The molecule has 0 unspecified atom stereocenters. The molecule has 2 aromatic carbocycles. The highest BCUT2D eigenvalue weighted by Gasteiger charge is 2.15. The molecule has 24 heavy (non-hydrogen) atoms. The third-order valence-electron chi connectivity index (χ3n) is 3.54. The van der Waals surface area contributed by atoms with Gasteiger partial charge in [-0.1, -0.05) is 23.7 Å². The lowest BCUT2D eigenvalue weighted by atomic mass is 10.1. The number of aryl methyl sites for hydroxylation is 2. The summed E-state index contributed by atoms with van der Waals surface area (Å²) >= 11 is 5.84. The van der Waals surface area contributed by atoms with Gasteiger partial charge in [0.2, 0.25) is 15.9 Å². The maximum absolute atomic E-state index is 12.2. The highest BCUT2D eigenvalue weighted by molar-refractivity contribution is 7.89. The summed E-state index contributed by atoms with van der Waals surface area (Å²) in [5, 5.41) is 3.18. The number of benzene rings is 2. The molecule has 2 rings (SSSR count). The van der Waals surface area contributed by atoms with E-state index >= 15 is 0 Å². The first kappa shape index (κ1) is 18.4. The van der Waals surface area contributed by atoms with Crippen LogP contribution in [0.4, 0.5) is 5.69 Å². The van der Waals surface area contributed by atoms with Gasteiger partial charge in [-0.3, -0.25) is 4.79 Å². The molecular formula is C17H19ClN2O3S. The average Bonchev–Trinajstić information content (AvgIpc) is 2.49. The van der Waals surface area contributed by atoms with E-state index in [0.717, 1.165) is 11.1 Å². The van der Waals surface area contributed by atoms with Gasteiger partial charge in [-0.25, -0.2) is 13.1 Å². The van der Waals surface area contributed by atoms with Crippen LogP contribution < -0.4 is 10.0 Å². The van der Waals surface area contributed by atoms with Crippen molar-refractivity contribution in [1.82, 2.24) is 4.72 Å². The molecular weight excluding hydrogens is 348 g/mol. The van der Waals surface area contributed by atoms with Crippen molar-refractivity contribution < 1.29 is 13.2 Å². The molecule has 1 amide bonds. The summed E-state index contributed by atoms with van der Waals surface area (Å²) in [4.78, 5) is 12.1. The summed E-state index contributed by atoms with van der Waals surface area (Å²) in [6.45, 7) is 3.79. The van der Waals surface area contributed by atoms with Gasteiger partial charge in [0.1, 0.15) is 0 Å². The van der Waals surface area contributed by atoms with Crippen LogP contribution in [0.5, 0.6) is 0 Å². The average molecular weight is 367 g/mol. The van der Waals surface area contributed by atoms with Gasteiger partial charge in [0.25, 0.3) is 0 Å². The molecule has 0 aromatic heterocycles. The molecule has 0 aliphatic carbocycles. The summed E-state index contributed by atoms with van der Waals surface area (Å²) in [6, 6.07) is 11.7. The third-order valence-corrected chi connectivity index (χ3v) is 5.23. The smallest absolute Gasteiger partial charge is 0.240 e. The van der Waals surface area contributed by atoms with Gasteiger partial charge in [-0.2, -0.15) is 0 Å². The summed E-state index contributed by atoms with van der Waals surface area (Å²) < 4.78 is 26.9. The molecule has 0 heterocycles. The van der Waals surface area contributed by atoms with Crippen LogP contribution in [-0.2, 0) is 14.8 Å². The summed E-state index contributed by atoms with van der Waals surface area (Å²) in [5.41, 5.74) is 2.50. The van der Waals surface area contributed by atoms with E-state index in [2.05, 4.69) is 10.0 Å². The molecule has 0 spiro atoms. The number of nitrogens with one attached hydrogen (secondary N) is 2. The highest BCUT2D eigenvalue weighted by Crippen LogP contribution is 2.16. The summed E-state index contributed by atoms with van der Waals surface area (Å²) in [6.07, 6.45) is 0.0244. The molecule has 5 nitrogen and oxygen atoms in total. The van der Waals surface area contributed by atoms with Gasteiger partial charge >= 0.3 is 0 Å². The van der Waals surface area contributed by atoms with E-state index in [4.69, 9.17) is 11.6 Å². The van der Waals surface area contributed by atoms with E-state index in [1.807, 2.05) is 13.8 Å². The van der Waals surface area contributed by atoms with Crippen molar-refractivity contribution in [2.45, 2.75) is 25.2 Å². The lowest BCUT2D eigenvalue weighted by molar-refractivity contribution is -0.116. The minimum absolute atomic E-state index is 0.0155. The molecule has 0 saturated heterocycles. The van der Waals surface area contributed by atoms with Crippen molar-refractivity contribution in [2.24, 2.45) is 0 Å². The van der Waals surface area contributed by atoms with Crippen LogP contribution in [0, 0.1) is 13.8 Å². The van der Waals surface area contributed by atoms with Crippen LogP contribution in [0.15, 0.2) is 47.4 Å².